The van der Waals surface area contributed by atoms with Gasteiger partial charge in [0.05, 0.1) is 26.2 Å². The van der Waals surface area contributed by atoms with Gasteiger partial charge in [0.15, 0.2) is 5.79 Å². The van der Waals surface area contributed by atoms with Crippen molar-refractivity contribution in [1.29, 1.82) is 0 Å². The van der Waals surface area contributed by atoms with Crippen LogP contribution in [0.1, 0.15) is 32.6 Å². The van der Waals surface area contributed by atoms with Gasteiger partial charge in [-0.25, -0.2) is 0 Å². The summed E-state index contributed by atoms with van der Waals surface area (Å²) in [6.07, 6.45) is 3.43. The molecule has 2 aliphatic heterocycles. The number of nitrogens with one attached hydrogen (secondary N) is 1. The molecule has 2 heterocycles. The molecule has 0 amide bonds. The monoisotopic (exact) mass is 257 g/mol. The van der Waals surface area contributed by atoms with Crippen molar-refractivity contribution < 1.29 is 19.0 Å². The highest BCUT2D eigenvalue weighted by Crippen LogP contribution is 2.33. The van der Waals surface area contributed by atoms with Crippen LogP contribution in [-0.4, -0.2) is 44.7 Å². The van der Waals surface area contributed by atoms with Crippen LogP contribution in [0.25, 0.3) is 0 Å². The third-order valence-corrected chi connectivity index (χ3v) is 3.67. The highest BCUT2D eigenvalue weighted by atomic mass is 16.7. The molecule has 0 saturated carbocycles. The minimum absolute atomic E-state index is 0.168. The van der Waals surface area contributed by atoms with E-state index in [4.69, 9.17) is 9.47 Å². The molecule has 5 heteroatoms. The zero-order valence-electron chi connectivity index (χ0n) is 11.2. The number of hydrogen-bond donors (Lipinski definition) is 1. The summed E-state index contributed by atoms with van der Waals surface area (Å²) in [4.78, 5) is 11.2. The molecule has 0 aromatic carbocycles. The lowest BCUT2D eigenvalue weighted by molar-refractivity contribution is -0.170. The highest BCUT2D eigenvalue weighted by Gasteiger charge is 2.40. The van der Waals surface area contributed by atoms with E-state index in [9.17, 15) is 4.79 Å². The first-order chi connectivity index (χ1) is 8.61. The lowest BCUT2D eigenvalue weighted by Crippen LogP contribution is -2.37. The Morgan fingerprint density at radius 1 is 1.56 bits per heavy atom. The van der Waals surface area contributed by atoms with Gasteiger partial charge in [-0.05, 0) is 38.8 Å². The molecule has 1 N–H and O–H groups in total. The van der Waals surface area contributed by atoms with Gasteiger partial charge in [0.2, 0.25) is 0 Å². The second kappa shape index (κ2) is 5.99. The Labute approximate surface area is 108 Å². The van der Waals surface area contributed by atoms with Crippen molar-refractivity contribution in [2.45, 2.75) is 44.5 Å². The molecule has 0 radical (unpaired) electrons. The molecule has 0 bridgehead atoms. The van der Waals surface area contributed by atoms with Gasteiger partial charge in [0.1, 0.15) is 0 Å². The van der Waals surface area contributed by atoms with Crippen molar-refractivity contribution in [1.82, 2.24) is 5.32 Å². The third-order valence-electron chi connectivity index (χ3n) is 3.67. The number of piperidine rings is 1. The summed E-state index contributed by atoms with van der Waals surface area (Å²) in [5.74, 6) is -0.185. The molecule has 0 aliphatic carbocycles. The van der Waals surface area contributed by atoms with Crippen LogP contribution in [0.4, 0.5) is 0 Å². The van der Waals surface area contributed by atoms with E-state index in [0.717, 1.165) is 19.5 Å². The van der Waals surface area contributed by atoms with E-state index in [1.807, 2.05) is 6.92 Å². The molecular formula is C13H23NO4. The fourth-order valence-corrected chi connectivity index (χ4v) is 2.79. The van der Waals surface area contributed by atoms with Gasteiger partial charge in [-0.1, -0.05) is 0 Å². The van der Waals surface area contributed by atoms with Crippen LogP contribution in [0.2, 0.25) is 0 Å². The van der Waals surface area contributed by atoms with Gasteiger partial charge in [0, 0.05) is 6.42 Å². The molecule has 3 unspecified atom stereocenters. The second-order valence-corrected chi connectivity index (χ2v) is 5.38. The smallest absolute Gasteiger partial charge is 0.308 e. The van der Waals surface area contributed by atoms with Crippen molar-refractivity contribution in [2.75, 3.05) is 26.8 Å². The number of hydrogen-bond acceptors (Lipinski definition) is 5. The lowest BCUT2D eigenvalue weighted by Gasteiger charge is -2.30. The fourth-order valence-electron chi connectivity index (χ4n) is 2.79. The van der Waals surface area contributed by atoms with Gasteiger partial charge in [-0.3, -0.25) is 4.79 Å². The van der Waals surface area contributed by atoms with Crippen LogP contribution in [0.3, 0.4) is 0 Å². The number of carbonyl (C=O) groups is 1. The first kappa shape index (κ1) is 13.8. The predicted molar refractivity (Wildman–Crippen MR) is 66.1 cm³/mol. The molecule has 2 aliphatic rings. The Balaban J connectivity index is 1.79. The van der Waals surface area contributed by atoms with Gasteiger partial charge >= 0.3 is 5.97 Å². The normalized spacial score (nSPS) is 36.6. The first-order valence-corrected chi connectivity index (χ1v) is 6.70. The van der Waals surface area contributed by atoms with Crippen molar-refractivity contribution in [3.8, 4) is 0 Å². The summed E-state index contributed by atoms with van der Waals surface area (Å²) in [5.41, 5.74) is 0. The minimum Gasteiger partial charge on any atom is -0.469 e. The van der Waals surface area contributed by atoms with Crippen LogP contribution in [-0.2, 0) is 19.0 Å². The Kier molecular flexibility index (Phi) is 4.59. The van der Waals surface area contributed by atoms with Crippen LogP contribution in [0, 0.1) is 5.92 Å². The lowest BCUT2D eigenvalue weighted by atomic mass is 9.92. The number of rotatable bonds is 4. The van der Waals surface area contributed by atoms with Gasteiger partial charge in [-0.2, -0.15) is 0 Å². The molecule has 0 aromatic heterocycles. The maximum Gasteiger partial charge on any atom is 0.308 e. The van der Waals surface area contributed by atoms with Gasteiger partial charge in [0.25, 0.3) is 0 Å². The van der Waals surface area contributed by atoms with Crippen molar-refractivity contribution in [2.24, 2.45) is 5.92 Å². The van der Waals surface area contributed by atoms with E-state index in [2.05, 4.69) is 10.1 Å². The summed E-state index contributed by atoms with van der Waals surface area (Å²) >= 11 is 0. The van der Waals surface area contributed by atoms with Crippen LogP contribution in [0.15, 0.2) is 0 Å². The molecule has 3 atom stereocenters. The van der Waals surface area contributed by atoms with E-state index in [1.54, 1.807) is 0 Å². The van der Waals surface area contributed by atoms with Crippen LogP contribution >= 0.6 is 0 Å². The highest BCUT2D eigenvalue weighted by molar-refractivity contribution is 5.69. The molecule has 2 fully saturated rings. The van der Waals surface area contributed by atoms with Crippen LogP contribution < -0.4 is 5.32 Å². The van der Waals surface area contributed by atoms with Crippen LogP contribution in [0.5, 0.6) is 0 Å². The summed E-state index contributed by atoms with van der Waals surface area (Å²) in [5, 5.41) is 3.39. The maximum atomic E-state index is 11.2. The SMILES string of the molecule is COC(=O)CC1COC(C)(CC2CCCNC2)O1. The second-order valence-electron chi connectivity index (χ2n) is 5.38. The minimum atomic E-state index is -0.539. The van der Waals surface area contributed by atoms with Gasteiger partial charge < -0.3 is 19.5 Å². The molecule has 5 nitrogen and oxygen atoms in total. The summed E-state index contributed by atoms with van der Waals surface area (Å²) in [6.45, 7) is 4.59. The molecule has 2 saturated heterocycles. The standard InChI is InChI=1S/C13H23NO4/c1-13(7-10-4-3-5-14-8-10)17-9-11(18-13)6-12(15)16-2/h10-11,14H,3-9H2,1-2H3. The Morgan fingerprint density at radius 3 is 3.06 bits per heavy atom. The zero-order chi connectivity index (χ0) is 13.0. The van der Waals surface area contributed by atoms with Crippen molar-refractivity contribution >= 4 is 5.97 Å². The van der Waals surface area contributed by atoms with Crippen molar-refractivity contribution in [3.05, 3.63) is 0 Å². The molecule has 104 valence electrons. The molecule has 0 aromatic rings. The molecule has 18 heavy (non-hydrogen) atoms. The van der Waals surface area contributed by atoms with E-state index in [0.29, 0.717) is 12.5 Å². The molecular weight excluding hydrogens is 234 g/mol. The average Bonchev–Trinajstić information content (AvgIpc) is 2.71. The molecule has 2 rings (SSSR count). The number of ether oxygens (including phenoxy) is 3. The summed E-state index contributed by atoms with van der Waals surface area (Å²) < 4.78 is 16.3. The van der Waals surface area contributed by atoms with E-state index in [1.165, 1.54) is 20.0 Å². The Bertz CT molecular complexity index is 291. The number of methoxy groups -OCH3 is 1. The molecule has 0 spiro atoms. The predicted octanol–water partition coefficient (Wildman–Crippen LogP) is 1.07. The van der Waals surface area contributed by atoms with E-state index in [-0.39, 0.29) is 18.5 Å². The van der Waals surface area contributed by atoms with Gasteiger partial charge in [-0.15, -0.1) is 0 Å². The summed E-state index contributed by atoms with van der Waals surface area (Å²) in [7, 11) is 1.39. The third kappa shape index (κ3) is 3.67. The fraction of sp³-hybridized carbons (Fsp3) is 0.923. The number of esters is 1. The Morgan fingerprint density at radius 2 is 2.39 bits per heavy atom. The van der Waals surface area contributed by atoms with E-state index >= 15 is 0 Å². The Hall–Kier alpha value is -0.650. The summed E-state index contributed by atoms with van der Waals surface area (Å²) in [6, 6.07) is 0. The largest absolute Gasteiger partial charge is 0.469 e. The first-order valence-electron chi connectivity index (χ1n) is 6.70. The maximum absolute atomic E-state index is 11.2. The average molecular weight is 257 g/mol. The number of carbonyl (C=O) groups excluding carboxylic acids is 1. The topological polar surface area (TPSA) is 56.8 Å². The quantitative estimate of drug-likeness (QED) is 0.763. The van der Waals surface area contributed by atoms with E-state index < -0.39 is 5.79 Å². The zero-order valence-corrected chi connectivity index (χ0v) is 11.2. The van der Waals surface area contributed by atoms with Crippen molar-refractivity contribution in [3.63, 3.8) is 0 Å².